The molecule has 1 N–H and O–H groups in total. The lowest BCUT2D eigenvalue weighted by molar-refractivity contribution is -0.190. The predicted molar refractivity (Wildman–Crippen MR) is 103 cm³/mol. The third-order valence-corrected chi connectivity index (χ3v) is 5.24. The molecule has 1 aliphatic rings. The van der Waals surface area contributed by atoms with E-state index in [0.29, 0.717) is 12.8 Å². The number of hydrogen-bond acceptors (Lipinski definition) is 3. The molecule has 0 saturated carbocycles. The molecule has 1 heterocycles. The number of carbonyl (C=O) groups excluding carboxylic acids is 3. The highest BCUT2D eigenvalue weighted by atomic mass is 35.5. The minimum Gasteiger partial charge on any atom is -0.326 e. The van der Waals surface area contributed by atoms with E-state index in [4.69, 9.17) is 23.2 Å². The van der Waals surface area contributed by atoms with Gasteiger partial charge in [0.1, 0.15) is 0 Å². The number of amides is 2. The summed E-state index contributed by atoms with van der Waals surface area (Å²) in [5.74, 6) is -3.63. The zero-order valence-electron chi connectivity index (χ0n) is 15.9. The van der Waals surface area contributed by atoms with E-state index in [2.05, 4.69) is 0 Å². The van der Waals surface area contributed by atoms with Gasteiger partial charge in [-0.25, -0.2) is 0 Å². The lowest BCUT2D eigenvalue weighted by Crippen LogP contribution is -2.66. The summed E-state index contributed by atoms with van der Waals surface area (Å²) >= 11 is 11.7. The van der Waals surface area contributed by atoms with E-state index in [1.165, 1.54) is 19.1 Å². The van der Waals surface area contributed by atoms with Crippen LogP contribution in [0.1, 0.15) is 44.0 Å². The van der Waals surface area contributed by atoms with Crippen molar-refractivity contribution in [2.75, 3.05) is 6.54 Å². The SMILES string of the molecule is CCCCN1C(=O)C(NC(=O)c2ccc(Cl)cc2Cl)(C(F)(F)F)C(C(C)=O)=C1C. The standard InChI is InChI=1S/C19H19Cl2F3N2O3/c1-4-5-8-26-10(2)15(11(3)27)18(17(26)29,19(22,23)24)25-16(28)13-7-6-12(20)9-14(13)21/h6-7,9H,4-5,8H2,1-3H3,(H,25,28). The van der Waals surface area contributed by atoms with Crippen molar-refractivity contribution in [3.63, 3.8) is 0 Å². The maximum Gasteiger partial charge on any atom is 0.425 e. The molecule has 0 aromatic heterocycles. The summed E-state index contributed by atoms with van der Waals surface area (Å²) in [5.41, 5.74) is -4.73. The van der Waals surface area contributed by atoms with Crippen LogP contribution < -0.4 is 5.32 Å². The van der Waals surface area contributed by atoms with Crippen molar-refractivity contribution in [3.05, 3.63) is 45.1 Å². The molecule has 1 aromatic carbocycles. The van der Waals surface area contributed by atoms with Gasteiger partial charge in [-0.3, -0.25) is 14.4 Å². The lowest BCUT2D eigenvalue weighted by atomic mass is 9.86. The van der Waals surface area contributed by atoms with Gasteiger partial charge in [-0.2, -0.15) is 13.2 Å². The summed E-state index contributed by atoms with van der Waals surface area (Å²) in [4.78, 5) is 38.7. The van der Waals surface area contributed by atoms with Crippen molar-refractivity contribution in [1.29, 1.82) is 0 Å². The molecule has 0 saturated heterocycles. The van der Waals surface area contributed by atoms with E-state index in [1.807, 2.05) is 6.92 Å². The molecular weight excluding hydrogens is 432 g/mol. The quantitative estimate of drug-likeness (QED) is 0.692. The second-order valence-electron chi connectivity index (χ2n) is 6.65. The molecule has 1 aliphatic heterocycles. The van der Waals surface area contributed by atoms with E-state index < -0.39 is 34.9 Å². The molecule has 0 spiro atoms. The Morgan fingerprint density at radius 2 is 1.86 bits per heavy atom. The Balaban J connectivity index is 2.63. The van der Waals surface area contributed by atoms with Crippen LogP contribution in [0.25, 0.3) is 0 Å². The van der Waals surface area contributed by atoms with E-state index in [-0.39, 0.29) is 27.9 Å². The summed E-state index contributed by atoms with van der Waals surface area (Å²) in [7, 11) is 0. The molecule has 1 unspecified atom stereocenters. The highest BCUT2D eigenvalue weighted by Crippen LogP contribution is 2.45. The fourth-order valence-electron chi connectivity index (χ4n) is 3.33. The number of benzene rings is 1. The Morgan fingerprint density at radius 3 is 2.34 bits per heavy atom. The van der Waals surface area contributed by atoms with Crippen LogP contribution in [0, 0.1) is 0 Å². The number of nitrogens with one attached hydrogen (secondary N) is 1. The Labute approximate surface area is 175 Å². The van der Waals surface area contributed by atoms with Crippen molar-refractivity contribution in [2.45, 2.75) is 45.3 Å². The first-order valence-corrected chi connectivity index (χ1v) is 9.52. The topological polar surface area (TPSA) is 66.5 Å². The molecular formula is C19H19Cl2F3N2O3. The van der Waals surface area contributed by atoms with Crippen LogP contribution in [-0.2, 0) is 9.59 Å². The van der Waals surface area contributed by atoms with Crippen molar-refractivity contribution in [2.24, 2.45) is 0 Å². The van der Waals surface area contributed by atoms with Crippen LogP contribution in [0.15, 0.2) is 29.5 Å². The molecule has 158 valence electrons. The van der Waals surface area contributed by atoms with Crippen molar-refractivity contribution in [3.8, 4) is 0 Å². The van der Waals surface area contributed by atoms with Gasteiger partial charge in [0, 0.05) is 17.3 Å². The fraction of sp³-hybridized carbons (Fsp3) is 0.421. The highest BCUT2D eigenvalue weighted by Gasteiger charge is 2.69. The van der Waals surface area contributed by atoms with E-state index in [9.17, 15) is 27.6 Å². The number of rotatable bonds is 6. The Kier molecular flexibility index (Phi) is 6.69. The first-order chi connectivity index (χ1) is 13.4. The molecule has 5 nitrogen and oxygen atoms in total. The number of unbranched alkanes of at least 4 members (excludes halogenated alkanes) is 1. The summed E-state index contributed by atoms with van der Waals surface area (Å²) < 4.78 is 42.9. The predicted octanol–water partition coefficient (Wildman–Crippen LogP) is 4.53. The van der Waals surface area contributed by atoms with Gasteiger partial charge in [-0.1, -0.05) is 36.5 Å². The number of alkyl halides is 3. The smallest absolute Gasteiger partial charge is 0.326 e. The van der Waals surface area contributed by atoms with Crippen LogP contribution in [0.2, 0.25) is 10.0 Å². The molecule has 0 radical (unpaired) electrons. The minimum atomic E-state index is -5.26. The molecule has 0 bridgehead atoms. The number of allylic oxidation sites excluding steroid dienone is 1. The van der Waals surface area contributed by atoms with Gasteiger partial charge in [0.15, 0.2) is 5.78 Å². The van der Waals surface area contributed by atoms with Crippen LogP contribution in [0.5, 0.6) is 0 Å². The fourth-order valence-corrected chi connectivity index (χ4v) is 3.83. The molecule has 2 rings (SSSR count). The van der Waals surface area contributed by atoms with Crippen molar-refractivity contribution >= 4 is 40.8 Å². The van der Waals surface area contributed by atoms with E-state index in [0.717, 1.165) is 17.9 Å². The molecule has 2 amide bonds. The Hall–Kier alpha value is -2.06. The summed E-state index contributed by atoms with van der Waals surface area (Å²) in [6.07, 6.45) is -4.21. The third-order valence-electron chi connectivity index (χ3n) is 4.70. The normalized spacial score (nSPS) is 19.7. The highest BCUT2D eigenvalue weighted by molar-refractivity contribution is 6.36. The molecule has 0 aliphatic carbocycles. The lowest BCUT2D eigenvalue weighted by Gasteiger charge is -2.33. The summed E-state index contributed by atoms with van der Waals surface area (Å²) in [6, 6.07) is 3.61. The van der Waals surface area contributed by atoms with E-state index in [1.54, 1.807) is 5.32 Å². The third kappa shape index (κ3) is 4.00. The zero-order chi connectivity index (χ0) is 22.1. The molecule has 1 aromatic rings. The number of Topliss-reactive ketones (excluding diaryl/α,β-unsaturated/α-hetero) is 1. The molecule has 1 atom stereocenters. The van der Waals surface area contributed by atoms with Crippen molar-refractivity contribution in [1.82, 2.24) is 10.2 Å². The monoisotopic (exact) mass is 450 g/mol. The second-order valence-corrected chi connectivity index (χ2v) is 7.50. The average molecular weight is 451 g/mol. The van der Waals surface area contributed by atoms with Gasteiger partial charge in [0.25, 0.3) is 11.8 Å². The Bertz CT molecular complexity index is 899. The number of hydrogen-bond donors (Lipinski definition) is 1. The van der Waals surface area contributed by atoms with Gasteiger partial charge in [-0.05, 0) is 38.5 Å². The first kappa shape index (κ1) is 23.2. The number of halogens is 5. The average Bonchev–Trinajstić information content (AvgIpc) is 2.80. The first-order valence-electron chi connectivity index (χ1n) is 8.77. The molecule has 29 heavy (non-hydrogen) atoms. The van der Waals surface area contributed by atoms with Crippen LogP contribution in [-0.4, -0.2) is 40.8 Å². The maximum atomic E-state index is 14.3. The van der Waals surface area contributed by atoms with Crippen LogP contribution in [0.4, 0.5) is 13.2 Å². The molecule has 10 heteroatoms. The van der Waals surface area contributed by atoms with Crippen LogP contribution >= 0.6 is 23.2 Å². The largest absolute Gasteiger partial charge is 0.425 e. The zero-order valence-corrected chi connectivity index (χ0v) is 17.4. The van der Waals surface area contributed by atoms with Gasteiger partial charge in [-0.15, -0.1) is 0 Å². The number of carbonyl (C=O) groups is 3. The second kappa shape index (κ2) is 8.36. The van der Waals surface area contributed by atoms with Crippen molar-refractivity contribution < 1.29 is 27.6 Å². The van der Waals surface area contributed by atoms with Gasteiger partial charge >= 0.3 is 6.18 Å². The van der Waals surface area contributed by atoms with Gasteiger partial charge in [0.2, 0.25) is 5.54 Å². The van der Waals surface area contributed by atoms with Crippen LogP contribution in [0.3, 0.4) is 0 Å². The molecule has 0 fully saturated rings. The van der Waals surface area contributed by atoms with Gasteiger partial charge < -0.3 is 10.2 Å². The number of nitrogens with zero attached hydrogens (tertiary/aromatic N) is 1. The van der Waals surface area contributed by atoms with Gasteiger partial charge in [0.05, 0.1) is 16.2 Å². The number of ketones is 1. The summed E-state index contributed by atoms with van der Waals surface area (Å²) in [6.45, 7) is 4.00. The summed E-state index contributed by atoms with van der Waals surface area (Å²) in [5, 5.41) is 1.76. The minimum absolute atomic E-state index is 0.00660. The maximum absolute atomic E-state index is 14.3. The Morgan fingerprint density at radius 1 is 1.24 bits per heavy atom. The van der Waals surface area contributed by atoms with E-state index >= 15 is 0 Å².